The highest BCUT2D eigenvalue weighted by atomic mass is 16.5. The summed E-state index contributed by atoms with van der Waals surface area (Å²) in [7, 11) is 0. The monoisotopic (exact) mass is 416 g/mol. The predicted octanol–water partition coefficient (Wildman–Crippen LogP) is 4.64. The van der Waals surface area contributed by atoms with Gasteiger partial charge in [0.1, 0.15) is 11.5 Å². The van der Waals surface area contributed by atoms with Gasteiger partial charge in [-0.2, -0.15) is 0 Å². The van der Waals surface area contributed by atoms with Crippen LogP contribution in [0.3, 0.4) is 0 Å². The molecule has 0 radical (unpaired) electrons. The van der Waals surface area contributed by atoms with Crippen LogP contribution in [0, 0.1) is 0 Å². The molecule has 0 spiro atoms. The van der Waals surface area contributed by atoms with Gasteiger partial charge >= 0.3 is 5.69 Å². The molecule has 0 atom stereocenters. The SMILES string of the molecule is O=c1[nH]c2ccccc2n1C1CCN(CCCCc2cc(-c3ccccc3)no2)CC1. The lowest BCUT2D eigenvalue weighted by Gasteiger charge is -2.32. The highest BCUT2D eigenvalue weighted by molar-refractivity contribution is 5.75. The minimum Gasteiger partial charge on any atom is -0.361 e. The van der Waals surface area contributed by atoms with E-state index in [1.807, 2.05) is 47.0 Å². The van der Waals surface area contributed by atoms with Crippen LogP contribution in [0.1, 0.15) is 37.5 Å². The fourth-order valence-electron chi connectivity index (χ4n) is 4.65. The second-order valence-electron chi connectivity index (χ2n) is 8.39. The van der Waals surface area contributed by atoms with Gasteiger partial charge in [0.2, 0.25) is 0 Å². The molecule has 1 aliphatic rings. The second-order valence-corrected chi connectivity index (χ2v) is 8.39. The van der Waals surface area contributed by atoms with Crippen LogP contribution in [0.2, 0.25) is 0 Å². The first kappa shape index (κ1) is 19.8. The average molecular weight is 417 g/mol. The highest BCUT2D eigenvalue weighted by Crippen LogP contribution is 2.25. The molecule has 6 nitrogen and oxygen atoms in total. The summed E-state index contributed by atoms with van der Waals surface area (Å²) in [5.41, 5.74) is 3.96. The van der Waals surface area contributed by atoms with E-state index in [4.69, 9.17) is 4.52 Å². The fourth-order valence-corrected chi connectivity index (χ4v) is 4.65. The van der Waals surface area contributed by atoms with Crippen LogP contribution >= 0.6 is 0 Å². The standard InChI is InChI=1S/C25H28N4O2/c30-25-26-22-11-4-5-12-24(22)29(25)20-13-16-28(17-14-20)15-7-6-10-21-18-23(27-31-21)19-8-2-1-3-9-19/h1-5,8-9,11-12,18,20H,6-7,10,13-17H2,(H,26,30). The third kappa shape index (κ3) is 4.35. The number of para-hydroxylation sites is 2. The summed E-state index contributed by atoms with van der Waals surface area (Å²) in [4.78, 5) is 17.9. The molecule has 0 aliphatic carbocycles. The van der Waals surface area contributed by atoms with Gasteiger partial charge in [-0.25, -0.2) is 4.79 Å². The Morgan fingerprint density at radius 3 is 2.61 bits per heavy atom. The molecule has 0 amide bonds. The quantitative estimate of drug-likeness (QED) is 0.446. The zero-order chi connectivity index (χ0) is 21.0. The number of likely N-dealkylation sites (tertiary alicyclic amines) is 1. The lowest BCUT2D eigenvalue weighted by Crippen LogP contribution is -2.37. The molecule has 1 N–H and O–H groups in total. The van der Waals surface area contributed by atoms with E-state index < -0.39 is 0 Å². The van der Waals surface area contributed by atoms with Crippen LogP contribution < -0.4 is 5.69 Å². The molecule has 1 saturated heterocycles. The van der Waals surface area contributed by atoms with Gasteiger partial charge in [-0.15, -0.1) is 0 Å². The molecule has 0 unspecified atom stereocenters. The van der Waals surface area contributed by atoms with Gasteiger partial charge < -0.3 is 14.4 Å². The first-order chi connectivity index (χ1) is 15.3. The van der Waals surface area contributed by atoms with Gasteiger partial charge in [0.05, 0.1) is 11.0 Å². The minimum atomic E-state index is 0.0154. The zero-order valence-corrected chi connectivity index (χ0v) is 17.7. The first-order valence-electron chi connectivity index (χ1n) is 11.2. The van der Waals surface area contributed by atoms with Crippen molar-refractivity contribution < 1.29 is 4.52 Å². The van der Waals surface area contributed by atoms with Gasteiger partial charge in [-0.3, -0.25) is 4.57 Å². The number of piperidine rings is 1. The predicted molar refractivity (Wildman–Crippen MR) is 122 cm³/mol. The Balaban J connectivity index is 1.08. The van der Waals surface area contributed by atoms with Crippen molar-refractivity contribution in [2.45, 2.75) is 38.1 Å². The van der Waals surface area contributed by atoms with Crippen molar-refractivity contribution in [2.75, 3.05) is 19.6 Å². The number of fused-ring (bicyclic) bond motifs is 1. The van der Waals surface area contributed by atoms with E-state index in [1.165, 1.54) is 0 Å². The Bertz CT molecular complexity index is 1180. The van der Waals surface area contributed by atoms with Crippen molar-refractivity contribution in [3.63, 3.8) is 0 Å². The number of aromatic nitrogens is 3. The van der Waals surface area contributed by atoms with Crippen molar-refractivity contribution in [3.05, 3.63) is 76.9 Å². The van der Waals surface area contributed by atoms with E-state index in [0.717, 1.165) is 79.8 Å². The molecule has 0 saturated carbocycles. The Morgan fingerprint density at radius 1 is 1.00 bits per heavy atom. The molecule has 5 rings (SSSR count). The number of H-pyrrole nitrogens is 1. The van der Waals surface area contributed by atoms with Crippen LogP contribution in [0.5, 0.6) is 0 Å². The van der Waals surface area contributed by atoms with Crippen LogP contribution in [0.25, 0.3) is 22.3 Å². The van der Waals surface area contributed by atoms with Crippen LogP contribution in [-0.2, 0) is 6.42 Å². The van der Waals surface area contributed by atoms with Crippen LogP contribution in [0.15, 0.2) is 70.0 Å². The number of aryl methyl sites for hydroxylation is 1. The number of nitrogens with zero attached hydrogens (tertiary/aromatic N) is 3. The van der Waals surface area contributed by atoms with Crippen molar-refractivity contribution in [3.8, 4) is 11.3 Å². The summed E-state index contributed by atoms with van der Waals surface area (Å²) in [5, 5.41) is 4.20. The van der Waals surface area contributed by atoms with Gasteiger partial charge in [0.15, 0.2) is 0 Å². The molecule has 2 aromatic heterocycles. The average Bonchev–Trinajstić information content (AvgIpc) is 3.41. The van der Waals surface area contributed by atoms with E-state index >= 15 is 0 Å². The Labute approximate surface area is 181 Å². The van der Waals surface area contributed by atoms with E-state index in [9.17, 15) is 4.79 Å². The van der Waals surface area contributed by atoms with Crippen molar-refractivity contribution in [1.29, 1.82) is 0 Å². The number of unbranched alkanes of at least 4 members (excludes halogenated alkanes) is 1. The number of nitrogens with one attached hydrogen (secondary N) is 1. The van der Waals surface area contributed by atoms with E-state index in [1.54, 1.807) is 0 Å². The number of aromatic amines is 1. The molecule has 6 heteroatoms. The van der Waals surface area contributed by atoms with Crippen molar-refractivity contribution in [2.24, 2.45) is 0 Å². The molecule has 160 valence electrons. The number of hydrogen-bond acceptors (Lipinski definition) is 4. The molecule has 2 aromatic carbocycles. The maximum atomic E-state index is 12.4. The molecule has 1 aliphatic heterocycles. The molecule has 3 heterocycles. The fraction of sp³-hybridized carbons (Fsp3) is 0.360. The van der Waals surface area contributed by atoms with Gasteiger partial charge in [0.25, 0.3) is 0 Å². The molecule has 31 heavy (non-hydrogen) atoms. The lowest BCUT2D eigenvalue weighted by molar-refractivity contribution is 0.183. The number of hydrogen-bond donors (Lipinski definition) is 1. The van der Waals surface area contributed by atoms with Crippen molar-refractivity contribution >= 4 is 11.0 Å². The summed E-state index contributed by atoms with van der Waals surface area (Å²) in [5.74, 6) is 0.955. The summed E-state index contributed by atoms with van der Waals surface area (Å²) in [6.07, 6.45) is 5.18. The van der Waals surface area contributed by atoms with Gasteiger partial charge in [-0.05, 0) is 44.4 Å². The Kier molecular flexibility index (Phi) is 5.71. The van der Waals surface area contributed by atoms with E-state index in [-0.39, 0.29) is 11.7 Å². The maximum Gasteiger partial charge on any atom is 0.326 e. The van der Waals surface area contributed by atoms with Crippen molar-refractivity contribution in [1.82, 2.24) is 19.6 Å². The van der Waals surface area contributed by atoms with E-state index in [2.05, 4.69) is 33.2 Å². The largest absolute Gasteiger partial charge is 0.361 e. The Hall–Kier alpha value is -3.12. The first-order valence-corrected chi connectivity index (χ1v) is 11.2. The summed E-state index contributed by atoms with van der Waals surface area (Å²) in [6, 6.07) is 20.4. The maximum absolute atomic E-state index is 12.4. The van der Waals surface area contributed by atoms with Gasteiger partial charge in [-0.1, -0.05) is 47.6 Å². The lowest BCUT2D eigenvalue weighted by atomic mass is 10.0. The van der Waals surface area contributed by atoms with Crippen LogP contribution in [0.4, 0.5) is 0 Å². The van der Waals surface area contributed by atoms with Gasteiger partial charge in [0, 0.05) is 37.2 Å². The third-order valence-electron chi connectivity index (χ3n) is 6.32. The van der Waals surface area contributed by atoms with E-state index in [0.29, 0.717) is 0 Å². The summed E-state index contributed by atoms with van der Waals surface area (Å²) >= 11 is 0. The normalized spacial score (nSPS) is 15.6. The molecular weight excluding hydrogens is 388 g/mol. The zero-order valence-electron chi connectivity index (χ0n) is 17.7. The number of imidazole rings is 1. The molecule has 1 fully saturated rings. The Morgan fingerprint density at radius 2 is 1.77 bits per heavy atom. The third-order valence-corrected chi connectivity index (χ3v) is 6.32. The number of benzene rings is 2. The second kappa shape index (κ2) is 8.94. The number of rotatable bonds is 7. The minimum absolute atomic E-state index is 0.0154. The topological polar surface area (TPSA) is 67.1 Å². The summed E-state index contributed by atoms with van der Waals surface area (Å²) < 4.78 is 7.47. The smallest absolute Gasteiger partial charge is 0.326 e. The molecule has 4 aromatic rings. The highest BCUT2D eigenvalue weighted by Gasteiger charge is 2.23. The molecule has 0 bridgehead atoms. The molecular formula is C25H28N4O2. The summed E-state index contributed by atoms with van der Waals surface area (Å²) in [6.45, 7) is 3.17. The van der Waals surface area contributed by atoms with Crippen LogP contribution in [-0.4, -0.2) is 39.2 Å².